The molecule has 2 unspecified atom stereocenters. The SMILES string of the molecule is CCOC(c1noc(C(C)N2CCNCC2)n1)C(C)C. The second kappa shape index (κ2) is 7.15. The van der Waals surface area contributed by atoms with Gasteiger partial charge in [0.2, 0.25) is 11.7 Å². The van der Waals surface area contributed by atoms with Gasteiger partial charge in [-0.1, -0.05) is 19.0 Å². The van der Waals surface area contributed by atoms with Crippen molar-refractivity contribution in [2.75, 3.05) is 32.8 Å². The highest BCUT2D eigenvalue weighted by Crippen LogP contribution is 2.26. The molecule has 0 aliphatic carbocycles. The zero-order chi connectivity index (χ0) is 14.5. The van der Waals surface area contributed by atoms with E-state index >= 15 is 0 Å². The Kier molecular flexibility index (Phi) is 5.51. The molecule has 2 heterocycles. The molecule has 114 valence electrons. The molecule has 2 rings (SSSR count). The minimum Gasteiger partial charge on any atom is -0.370 e. The molecule has 0 radical (unpaired) electrons. The maximum Gasteiger partial charge on any atom is 0.243 e. The van der Waals surface area contributed by atoms with Crippen molar-refractivity contribution in [2.24, 2.45) is 5.92 Å². The van der Waals surface area contributed by atoms with Crippen LogP contribution in [0.4, 0.5) is 0 Å². The molecule has 1 aliphatic heterocycles. The van der Waals surface area contributed by atoms with E-state index in [1.54, 1.807) is 0 Å². The van der Waals surface area contributed by atoms with E-state index in [1.807, 2.05) is 6.92 Å². The van der Waals surface area contributed by atoms with E-state index in [1.165, 1.54) is 0 Å². The third kappa shape index (κ3) is 3.56. The zero-order valence-corrected chi connectivity index (χ0v) is 12.9. The van der Waals surface area contributed by atoms with Gasteiger partial charge in [-0.2, -0.15) is 4.98 Å². The first-order valence-corrected chi connectivity index (χ1v) is 7.53. The Bertz CT molecular complexity index is 402. The summed E-state index contributed by atoms with van der Waals surface area (Å²) >= 11 is 0. The molecule has 0 bridgehead atoms. The van der Waals surface area contributed by atoms with Crippen LogP contribution in [0.1, 0.15) is 51.6 Å². The van der Waals surface area contributed by atoms with Gasteiger partial charge in [0.25, 0.3) is 0 Å². The van der Waals surface area contributed by atoms with Crippen LogP contribution in [0.3, 0.4) is 0 Å². The lowest BCUT2D eigenvalue weighted by atomic mass is 10.1. The lowest BCUT2D eigenvalue weighted by Crippen LogP contribution is -2.44. The molecule has 6 heteroatoms. The van der Waals surface area contributed by atoms with Gasteiger partial charge in [-0.05, 0) is 19.8 Å². The van der Waals surface area contributed by atoms with E-state index < -0.39 is 0 Å². The second-order valence-electron chi connectivity index (χ2n) is 5.57. The number of aromatic nitrogens is 2. The number of ether oxygens (including phenoxy) is 1. The van der Waals surface area contributed by atoms with Crippen LogP contribution in [0.15, 0.2) is 4.52 Å². The van der Waals surface area contributed by atoms with Crippen molar-refractivity contribution in [3.63, 3.8) is 0 Å². The summed E-state index contributed by atoms with van der Waals surface area (Å²) in [5.41, 5.74) is 0. The largest absolute Gasteiger partial charge is 0.370 e. The molecule has 1 N–H and O–H groups in total. The summed E-state index contributed by atoms with van der Waals surface area (Å²) in [4.78, 5) is 6.92. The zero-order valence-electron chi connectivity index (χ0n) is 12.9. The highest BCUT2D eigenvalue weighted by molar-refractivity contribution is 4.97. The van der Waals surface area contributed by atoms with Crippen molar-refractivity contribution in [1.29, 1.82) is 0 Å². The van der Waals surface area contributed by atoms with E-state index in [2.05, 4.69) is 41.1 Å². The maximum absolute atomic E-state index is 5.72. The van der Waals surface area contributed by atoms with E-state index in [0.717, 1.165) is 26.2 Å². The Labute approximate surface area is 120 Å². The average molecular weight is 282 g/mol. The number of piperazine rings is 1. The van der Waals surface area contributed by atoms with Crippen LogP contribution < -0.4 is 5.32 Å². The highest BCUT2D eigenvalue weighted by Gasteiger charge is 2.26. The van der Waals surface area contributed by atoms with Crippen LogP contribution in [0.25, 0.3) is 0 Å². The molecular weight excluding hydrogens is 256 g/mol. The lowest BCUT2D eigenvalue weighted by molar-refractivity contribution is 0.0217. The average Bonchev–Trinajstić information content (AvgIpc) is 2.94. The molecule has 1 aromatic rings. The first kappa shape index (κ1) is 15.4. The van der Waals surface area contributed by atoms with E-state index in [9.17, 15) is 0 Å². The van der Waals surface area contributed by atoms with Crippen LogP contribution in [-0.4, -0.2) is 47.8 Å². The molecule has 2 atom stereocenters. The van der Waals surface area contributed by atoms with Gasteiger partial charge in [0, 0.05) is 32.8 Å². The summed E-state index contributed by atoms with van der Waals surface area (Å²) in [5.74, 6) is 1.68. The number of hydrogen-bond acceptors (Lipinski definition) is 6. The molecule has 1 fully saturated rings. The maximum atomic E-state index is 5.72. The number of nitrogens with zero attached hydrogens (tertiary/aromatic N) is 3. The van der Waals surface area contributed by atoms with Crippen molar-refractivity contribution in [2.45, 2.75) is 39.8 Å². The first-order chi connectivity index (χ1) is 9.63. The predicted molar refractivity (Wildman–Crippen MR) is 76.4 cm³/mol. The molecule has 1 aromatic heterocycles. The van der Waals surface area contributed by atoms with Crippen molar-refractivity contribution in [1.82, 2.24) is 20.4 Å². The summed E-state index contributed by atoms with van der Waals surface area (Å²) in [6.07, 6.45) is -0.0901. The van der Waals surface area contributed by atoms with Crippen molar-refractivity contribution < 1.29 is 9.26 Å². The summed E-state index contributed by atoms with van der Waals surface area (Å²) in [5, 5.41) is 7.47. The summed E-state index contributed by atoms with van der Waals surface area (Å²) in [7, 11) is 0. The molecule has 0 saturated carbocycles. The molecule has 1 saturated heterocycles. The molecule has 1 aliphatic rings. The van der Waals surface area contributed by atoms with Gasteiger partial charge >= 0.3 is 0 Å². The summed E-state index contributed by atoms with van der Waals surface area (Å²) < 4.78 is 11.2. The Morgan fingerprint density at radius 1 is 1.30 bits per heavy atom. The quantitative estimate of drug-likeness (QED) is 0.858. The molecule has 6 nitrogen and oxygen atoms in total. The summed E-state index contributed by atoms with van der Waals surface area (Å²) in [6.45, 7) is 13.0. The fraction of sp³-hybridized carbons (Fsp3) is 0.857. The Morgan fingerprint density at radius 3 is 2.60 bits per heavy atom. The topological polar surface area (TPSA) is 63.4 Å². The van der Waals surface area contributed by atoms with Crippen molar-refractivity contribution >= 4 is 0 Å². The van der Waals surface area contributed by atoms with E-state index in [0.29, 0.717) is 24.2 Å². The predicted octanol–water partition coefficient (Wildman–Crippen LogP) is 1.77. The van der Waals surface area contributed by atoms with Gasteiger partial charge in [0.05, 0.1) is 6.04 Å². The standard InChI is InChI=1S/C14H26N4O2/c1-5-19-12(10(2)3)13-16-14(20-17-13)11(4)18-8-6-15-7-9-18/h10-12,15H,5-9H2,1-4H3. The Hall–Kier alpha value is -0.980. The third-order valence-corrected chi connectivity index (χ3v) is 3.72. The first-order valence-electron chi connectivity index (χ1n) is 7.53. The van der Waals surface area contributed by atoms with Gasteiger partial charge in [0.15, 0.2) is 0 Å². The van der Waals surface area contributed by atoms with Gasteiger partial charge < -0.3 is 14.6 Å². The van der Waals surface area contributed by atoms with Gasteiger partial charge in [-0.15, -0.1) is 0 Å². The Morgan fingerprint density at radius 2 is 2.00 bits per heavy atom. The molecule has 0 aromatic carbocycles. The van der Waals surface area contributed by atoms with Gasteiger partial charge in [-0.3, -0.25) is 4.90 Å². The smallest absolute Gasteiger partial charge is 0.243 e. The van der Waals surface area contributed by atoms with Crippen LogP contribution in [-0.2, 0) is 4.74 Å². The number of hydrogen-bond donors (Lipinski definition) is 1. The van der Waals surface area contributed by atoms with Crippen LogP contribution in [0.5, 0.6) is 0 Å². The van der Waals surface area contributed by atoms with Crippen LogP contribution >= 0.6 is 0 Å². The van der Waals surface area contributed by atoms with Crippen LogP contribution in [0, 0.1) is 5.92 Å². The number of nitrogens with one attached hydrogen (secondary N) is 1. The minimum atomic E-state index is -0.0901. The second-order valence-corrected chi connectivity index (χ2v) is 5.57. The van der Waals surface area contributed by atoms with Crippen molar-refractivity contribution in [3.8, 4) is 0 Å². The third-order valence-electron chi connectivity index (χ3n) is 3.72. The molecule has 0 spiro atoms. The highest BCUT2D eigenvalue weighted by atomic mass is 16.5. The fourth-order valence-electron chi connectivity index (χ4n) is 2.50. The van der Waals surface area contributed by atoms with E-state index in [4.69, 9.17) is 9.26 Å². The van der Waals surface area contributed by atoms with Gasteiger partial charge in [-0.25, -0.2) is 0 Å². The molecule has 20 heavy (non-hydrogen) atoms. The summed E-state index contributed by atoms with van der Waals surface area (Å²) in [6, 6.07) is 0.160. The minimum absolute atomic E-state index is 0.0901. The normalized spacial score (nSPS) is 20.2. The van der Waals surface area contributed by atoms with E-state index in [-0.39, 0.29) is 12.1 Å². The Balaban J connectivity index is 2.06. The lowest BCUT2D eigenvalue weighted by Gasteiger charge is -2.30. The van der Waals surface area contributed by atoms with Gasteiger partial charge in [0.1, 0.15) is 6.10 Å². The fourth-order valence-corrected chi connectivity index (χ4v) is 2.50. The monoisotopic (exact) mass is 282 g/mol. The molecule has 0 amide bonds. The van der Waals surface area contributed by atoms with Crippen LogP contribution in [0.2, 0.25) is 0 Å². The van der Waals surface area contributed by atoms with Crippen molar-refractivity contribution in [3.05, 3.63) is 11.7 Å². The molecular formula is C14H26N4O2. The number of rotatable bonds is 6.